The molecule has 0 saturated heterocycles. The minimum atomic E-state index is -1.07. The van der Waals surface area contributed by atoms with Gasteiger partial charge in [-0.05, 0) is 80.8 Å². The zero-order valence-electron chi connectivity index (χ0n) is 26.6. The Balaban J connectivity index is 1.31. The van der Waals surface area contributed by atoms with Crippen LogP contribution >= 0.6 is 11.6 Å². The molecular weight excluding hydrogens is 639 g/mol. The van der Waals surface area contributed by atoms with Crippen LogP contribution in [0.5, 0.6) is 0 Å². The van der Waals surface area contributed by atoms with E-state index < -0.39 is 23.9 Å². The first-order valence-electron chi connectivity index (χ1n) is 15.9. The summed E-state index contributed by atoms with van der Waals surface area (Å²) in [5.74, 6) is -1.71. The van der Waals surface area contributed by atoms with Gasteiger partial charge in [-0.3, -0.25) is 19.5 Å². The summed E-state index contributed by atoms with van der Waals surface area (Å²) in [7, 11) is 0. The minimum absolute atomic E-state index is 0.0108. The number of carbonyl (C=O) groups excluding carboxylic acids is 3. The average molecular weight is 677 g/mol. The van der Waals surface area contributed by atoms with Crippen LogP contribution in [0.1, 0.15) is 55.5 Å². The third-order valence-corrected chi connectivity index (χ3v) is 8.84. The van der Waals surface area contributed by atoms with Crippen LogP contribution in [-0.2, 0) is 16.0 Å². The van der Waals surface area contributed by atoms with Gasteiger partial charge in [-0.2, -0.15) is 5.10 Å². The molecule has 1 aliphatic carbocycles. The number of nitrogens with one attached hydrogen (secondary N) is 5. The summed E-state index contributed by atoms with van der Waals surface area (Å²) in [6, 6.07) is 14.3. The molecule has 1 saturated carbocycles. The second kappa shape index (κ2) is 15.3. The minimum Gasteiger partial charge on any atom is -0.465 e. The van der Waals surface area contributed by atoms with Crippen molar-refractivity contribution in [3.8, 4) is 11.1 Å². The molecule has 0 spiro atoms. The van der Waals surface area contributed by atoms with Crippen LogP contribution in [0, 0.1) is 17.7 Å². The number of nitrogens with zero attached hydrogens (tertiary/aromatic N) is 1. The SMILES string of the molecule is CC(C)NC(=O)c1ccc(-c2ccc(C[C@H](NC(=O)[C@H]3CC[C@H](CNC(=O)O)CC3)C(=O)Nc3cc(F)c4cn[nH]c4c3)cc2)c(Cl)c1. The highest BCUT2D eigenvalue weighted by Gasteiger charge is 2.30. The molecule has 1 heterocycles. The first-order chi connectivity index (χ1) is 23.0. The van der Waals surface area contributed by atoms with Crippen LogP contribution < -0.4 is 21.3 Å². The predicted octanol–water partition coefficient (Wildman–Crippen LogP) is 5.90. The molecule has 0 radical (unpaired) electrons. The molecule has 0 aliphatic heterocycles. The average Bonchev–Trinajstić information content (AvgIpc) is 3.53. The molecule has 1 aliphatic rings. The summed E-state index contributed by atoms with van der Waals surface area (Å²) in [6.45, 7) is 4.10. The molecule has 252 valence electrons. The Labute approximate surface area is 282 Å². The van der Waals surface area contributed by atoms with Gasteiger partial charge in [0.15, 0.2) is 0 Å². The van der Waals surface area contributed by atoms with Crippen molar-refractivity contribution in [2.45, 2.75) is 58.0 Å². The number of hydrogen-bond acceptors (Lipinski definition) is 5. The van der Waals surface area contributed by atoms with E-state index in [0.29, 0.717) is 53.7 Å². The van der Waals surface area contributed by atoms with Gasteiger partial charge in [0, 0.05) is 46.8 Å². The van der Waals surface area contributed by atoms with Gasteiger partial charge in [-0.25, -0.2) is 9.18 Å². The van der Waals surface area contributed by atoms with E-state index in [0.717, 1.165) is 16.7 Å². The fourth-order valence-electron chi connectivity index (χ4n) is 5.96. The van der Waals surface area contributed by atoms with E-state index in [-0.39, 0.29) is 41.8 Å². The fraction of sp³-hybridized carbons (Fsp3) is 0.343. The van der Waals surface area contributed by atoms with E-state index in [2.05, 4.69) is 31.5 Å². The van der Waals surface area contributed by atoms with Gasteiger partial charge < -0.3 is 26.4 Å². The molecule has 5 rings (SSSR count). The first-order valence-corrected chi connectivity index (χ1v) is 16.2. The normalized spacial score (nSPS) is 16.7. The Morgan fingerprint density at radius 2 is 1.73 bits per heavy atom. The van der Waals surface area contributed by atoms with Gasteiger partial charge in [0.2, 0.25) is 11.8 Å². The number of amides is 4. The van der Waals surface area contributed by atoms with Gasteiger partial charge >= 0.3 is 6.09 Å². The molecule has 1 aromatic heterocycles. The zero-order chi connectivity index (χ0) is 34.4. The number of aromatic amines is 1. The largest absolute Gasteiger partial charge is 0.465 e. The van der Waals surface area contributed by atoms with Crippen molar-refractivity contribution in [2.24, 2.45) is 11.8 Å². The van der Waals surface area contributed by atoms with E-state index in [1.54, 1.807) is 24.3 Å². The molecule has 0 unspecified atom stereocenters. The summed E-state index contributed by atoms with van der Waals surface area (Å²) in [4.78, 5) is 50.3. The topological polar surface area (TPSA) is 165 Å². The number of anilines is 1. The van der Waals surface area contributed by atoms with Gasteiger partial charge in [-0.15, -0.1) is 0 Å². The van der Waals surface area contributed by atoms with E-state index >= 15 is 0 Å². The van der Waals surface area contributed by atoms with Crippen LogP contribution in [0.15, 0.2) is 60.8 Å². The van der Waals surface area contributed by atoms with Gasteiger partial charge in [0.25, 0.3) is 5.91 Å². The maximum Gasteiger partial charge on any atom is 0.404 e. The lowest BCUT2D eigenvalue weighted by Crippen LogP contribution is -2.48. The Hall–Kier alpha value is -4.97. The number of rotatable bonds is 11. The Morgan fingerprint density at radius 1 is 1.00 bits per heavy atom. The van der Waals surface area contributed by atoms with Crippen molar-refractivity contribution in [3.05, 3.63) is 82.8 Å². The van der Waals surface area contributed by atoms with Crippen LogP contribution in [-0.4, -0.2) is 57.7 Å². The fourth-order valence-corrected chi connectivity index (χ4v) is 6.25. The van der Waals surface area contributed by atoms with E-state index in [1.165, 1.54) is 12.3 Å². The van der Waals surface area contributed by atoms with E-state index in [9.17, 15) is 23.6 Å². The van der Waals surface area contributed by atoms with Crippen LogP contribution in [0.3, 0.4) is 0 Å². The standard InChI is InChI=1S/C35H38ClFN6O5/c1-19(2)40-33(45)24-11-12-26(28(36)14-24)22-7-3-20(4-8-22)13-31(34(46)41-25-15-29(37)27-18-39-43-30(27)16-25)42-32(44)23-9-5-21(6-10-23)17-38-35(47)48/h3-4,7-8,11-12,14-16,18-19,21,23,31,38H,5-6,9-10,13,17H2,1-2H3,(H,39,43)(H,40,45)(H,41,46)(H,42,44)(H,47,48)/t21-,23-,31-/m0/s1. The lowest BCUT2D eigenvalue weighted by molar-refractivity contribution is -0.130. The highest BCUT2D eigenvalue weighted by molar-refractivity contribution is 6.33. The number of carbonyl (C=O) groups is 4. The first kappa shape index (κ1) is 34.4. The maximum atomic E-state index is 14.6. The second-order valence-electron chi connectivity index (χ2n) is 12.5. The Bertz CT molecular complexity index is 1800. The van der Waals surface area contributed by atoms with Crippen molar-refractivity contribution in [2.75, 3.05) is 11.9 Å². The number of hydrogen-bond donors (Lipinski definition) is 6. The van der Waals surface area contributed by atoms with E-state index in [4.69, 9.17) is 16.7 Å². The number of fused-ring (bicyclic) bond motifs is 1. The summed E-state index contributed by atoms with van der Waals surface area (Å²) in [6.07, 6.45) is 2.96. The summed E-state index contributed by atoms with van der Waals surface area (Å²) in [5, 5.41) is 27.1. The lowest BCUT2D eigenvalue weighted by atomic mass is 9.81. The highest BCUT2D eigenvalue weighted by Crippen LogP contribution is 2.31. The van der Waals surface area contributed by atoms with Crippen molar-refractivity contribution in [1.82, 2.24) is 26.1 Å². The van der Waals surface area contributed by atoms with E-state index in [1.807, 2.05) is 38.1 Å². The third-order valence-electron chi connectivity index (χ3n) is 8.52. The van der Waals surface area contributed by atoms with Gasteiger partial charge in [0.1, 0.15) is 11.9 Å². The quantitative estimate of drug-likeness (QED) is 0.116. The Kier molecular flexibility index (Phi) is 10.9. The maximum absolute atomic E-state index is 14.6. The third kappa shape index (κ3) is 8.68. The Morgan fingerprint density at radius 3 is 2.40 bits per heavy atom. The molecule has 4 aromatic rings. The monoisotopic (exact) mass is 676 g/mol. The number of H-pyrrole nitrogens is 1. The van der Waals surface area contributed by atoms with Crippen molar-refractivity contribution < 1.29 is 28.7 Å². The molecule has 11 nitrogen and oxygen atoms in total. The van der Waals surface area contributed by atoms with Crippen molar-refractivity contribution in [3.63, 3.8) is 0 Å². The zero-order valence-corrected chi connectivity index (χ0v) is 27.4. The number of benzene rings is 3. The second-order valence-corrected chi connectivity index (χ2v) is 12.9. The van der Waals surface area contributed by atoms with Crippen molar-refractivity contribution in [1.29, 1.82) is 0 Å². The van der Waals surface area contributed by atoms with Crippen LogP contribution in [0.25, 0.3) is 22.0 Å². The smallest absolute Gasteiger partial charge is 0.404 e. The number of halogens is 2. The molecular formula is C35H38ClFN6O5. The molecule has 48 heavy (non-hydrogen) atoms. The molecule has 3 aromatic carbocycles. The number of carboxylic acid groups (broad SMARTS) is 1. The molecule has 4 amide bonds. The van der Waals surface area contributed by atoms with Crippen LogP contribution in [0.4, 0.5) is 14.9 Å². The lowest BCUT2D eigenvalue weighted by Gasteiger charge is -2.29. The predicted molar refractivity (Wildman–Crippen MR) is 181 cm³/mol. The van der Waals surface area contributed by atoms with Crippen LogP contribution in [0.2, 0.25) is 5.02 Å². The summed E-state index contributed by atoms with van der Waals surface area (Å²) < 4.78 is 14.6. The molecule has 1 fully saturated rings. The highest BCUT2D eigenvalue weighted by atomic mass is 35.5. The number of aromatic nitrogens is 2. The van der Waals surface area contributed by atoms with Crippen molar-refractivity contribution >= 4 is 52.0 Å². The molecule has 1 atom stereocenters. The van der Waals surface area contributed by atoms with Gasteiger partial charge in [0.05, 0.1) is 17.1 Å². The molecule has 0 bridgehead atoms. The summed E-state index contributed by atoms with van der Waals surface area (Å²) >= 11 is 6.56. The molecule has 13 heteroatoms. The molecule has 6 N–H and O–H groups in total. The van der Waals surface area contributed by atoms with Gasteiger partial charge in [-0.1, -0.05) is 41.9 Å². The summed E-state index contributed by atoms with van der Waals surface area (Å²) in [5.41, 5.74) is 3.40.